The van der Waals surface area contributed by atoms with E-state index >= 15 is 0 Å². The quantitative estimate of drug-likeness (QED) is 0.701. The molecule has 0 radical (unpaired) electrons. The second-order valence-electron chi connectivity index (χ2n) is 2.28. The molecule has 3 heteroatoms. The Hall–Kier alpha value is -0.410. The van der Waals surface area contributed by atoms with Crippen molar-refractivity contribution in [2.75, 3.05) is 7.05 Å². The molecule has 0 aliphatic rings. The van der Waals surface area contributed by atoms with Gasteiger partial charge in [0.15, 0.2) is 0 Å². The smallest absolute Gasteiger partial charge is 0.107 e. The van der Waals surface area contributed by atoms with Crippen molar-refractivity contribution in [2.45, 2.75) is 20.4 Å². The second kappa shape index (κ2) is 3.12. The fraction of sp³-hybridized carbons (Fsp3) is 0.571. The summed E-state index contributed by atoms with van der Waals surface area (Å²) in [7, 11) is 1.94. The molecule has 0 fully saturated rings. The fourth-order valence-electron chi connectivity index (χ4n) is 0.766. The van der Waals surface area contributed by atoms with Gasteiger partial charge in [-0.25, -0.2) is 4.98 Å². The Labute approximate surface area is 65.3 Å². The van der Waals surface area contributed by atoms with E-state index < -0.39 is 0 Å². The number of hydrogen-bond acceptors (Lipinski definition) is 3. The zero-order chi connectivity index (χ0) is 7.56. The lowest BCUT2D eigenvalue weighted by Crippen LogP contribution is -2.04. The van der Waals surface area contributed by atoms with Gasteiger partial charge in [-0.2, -0.15) is 0 Å². The Morgan fingerprint density at radius 3 is 2.60 bits per heavy atom. The largest absolute Gasteiger partial charge is 0.314 e. The van der Waals surface area contributed by atoms with Crippen molar-refractivity contribution in [3.63, 3.8) is 0 Å². The van der Waals surface area contributed by atoms with Crippen LogP contribution in [0.1, 0.15) is 15.6 Å². The summed E-state index contributed by atoms with van der Waals surface area (Å²) >= 11 is 1.77. The SMILES string of the molecule is CNCc1nc(C)c(C)s1. The van der Waals surface area contributed by atoms with Crippen LogP contribution < -0.4 is 5.32 Å². The minimum absolute atomic E-state index is 0.888. The molecule has 0 aliphatic carbocycles. The zero-order valence-electron chi connectivity index (χ0n) is 6.56. The normalized spacial score (nSPS) is 10.3. The number of nitrogens with one attached hydrogen (secondary N) is 1. The van der Waals surface area contributed by atoms with Gasteiger partial charge in [-0.15, -0.1) is 11.3 Å². The van der Waals surface area contributed by atoms with Gasteiger partial charge in [0.2, 0.25) is 0 Å². The Bertz CT molecular complexity index is 198. The Morgan fingerprint density at radius 2 is 2.20 bits per heavy atom. The van der Waals surface area contributed by atoms with Crippen LogP contribution in [0.2, 0.25) is 0 Å². The number of rotatable bonds is 2. The molecule has 0 saturated carbocycles. The van der Waals surface area contributed by atoms with Crippen molar-refractivity contribution in [1.29, 1.82) is 0 Å². The summed E-state index contributed by atoms with van der Waals surface area (Å²) in [5.74, 6) is 0. The first kappa shape index (κ1) is 7.69. The van der Waals surface area contributed by atoms with Gasteiger partial charge in [0.1, 0.15) is 5.01 Å². The van der Waals surface area contributed by atoms with Crippen LogP contribution in [0.3, 0.4) is 0 Å². The van der Waals surface area contributed by atoms with Crippen LogP contribution in [0.4, 0.5) is 0 Å². The van der Waals surface area contributed by atoms with Crippen molar-refractivity contribution in [1.82, 2.24) is 10.3 Å². The van der Waals surface area contributed by atoms with E-state index in [4.69, 9.17) is 0 Å². The van der Waals surface area contributed by atoms with Gasteiger partial charge < -0.3 is 5.32 Å². The Kier molecular flexibility index (Phi) is 2.40. The van der Waals surface area contributed by atoms with Gasteiger partial charge in [-0.1, -0.05) is 0 Å². The minimum Gasteiger partial charge on any atom is -0.314 e. The highest BCUT2D eigenvalue weighted by molar-refractivity contribution is 7.11. The Morgan fingerprint density at radius 1 is 1.50 bits per heavy atom. The standard InChI is InChI=1S/C7H12N2S/c1-5-6(2)10-7(9-5)4-8-3/h8H,4H2,1-3H3. The predicted octanol–water partition coefficient (Wildman–Crippen LogP) is 1.48. The maximum atomic E-state index is 4.36. The van der Waals surface area contributed by atoms with Gasteiger partial charge in [0.25, 0.3) is 0 Å². The van der Waals surface area contributed by atoms with Crippen LogP contribution in [0, 0.1) is 13.8 Å². The third-order valence-corrected chi connectivity index (χ3v) is 2.47. The molecule has 0 atom stereocenters. The number of hydrogen-bond donors (Lipinski definition) is 1. The van der Waals surface area contributed by atoms with E-state index in [2.05, 4.69) is 17.2 Å². The lowest BCUT2D eigenvalue weighted by Gasteiger charge is -1.88. The highest BCUT2D eigenvalue weighted by atomic mass is 32.1. The summed E-state index contributed by atoms with van der Waals surface area (Å²) in [6, 6.07) is 0. The monoisotopic (exact) mass is 156 g/mol. The molecule has 0 bridgehead atoms. The number of aromatic nitrogens is 1. The third kappa shape index (κ3) is 1.55. The molecule has 0 unspecified atom stereocenters. The van der Waals surface area contributed by atoms with Crippen LogP contribution in [-0.2, 0) is 6.54 Å². The lowest BCUT2D eigenvalue weighted by atomic mass is 10.4. The molecule has 2 nitrogen and oxygen atoms in total. The first-order valence-corrected chi connectivity index (χ1v) is 4.13. The van der Waals surface area contributed by atoms with Gasteiger partial charge >= 0.3 is 0 Å². The summed E-state index contributed by atoms with van der Waals surface area (Å²) in [4.78, 5) is 5.68. The number of aryl methyl sites for hydroxylation is 2. The van der Waals surface area contributed by atoms with Crippen molar-refractivity contribution < 1.29 is 0 Å². The highest BCUT2D eigenvalue weighted by Gasteiger charge is 2.00. The van der Waals surface area contributed by atoms with Crippen molar-refractivity contribution in [3.05, 3.63) is 15.6 Å². The van der Waals surface area contributed by atoms with Crippen LogP contribution in [-0.4, -0.2) is 12.0 Å². The van der Waals surface area contributed by atoms with Crippen molar-refractivity contribution in [2.24, 2.45) is 0 Å². The van der Waals surface area contributed by atoms with E-state index in [0.717, 1.165) is 12.2 Å². The van der Waals surface area contributed by atoms with Gasteiger partial charge in [-0.3, -0.25) is 0 Å². The van der Waals surface area contributed by atoms with Crippen LogP contribution >= 0.6 is 11.3 Å². The molecule has 10 heavy (non-hydrogen) atoms. The van der Waals surface area contributed by atoms with Crippen LogP contribution in [0.25, 0.3) is 0 Å². The molecule has 56 valence electrons. The van der Waals surface area contributed by atoms with Gasteiger partial charge in [-0.05, 0) is 20.9 Å². The maximum absolute atomic E-state index is 4.36. The maximum Gasteiger partial charge on any atom is 0.107 e. The minimum atomic E-state index is 0.888. The molecule has 0 aliphatic heterocycles. The van der Waals surface area contributed by atoms with E-state index in [1.54, 1.807) is 11.3 Å². The average Bonchev–Trinajstić information content (AvgIpc) is 2.14. The molecule has 1 N–H and O–H groups in total. The zero-order valence-corrected chi connectivity index (χ0v) is 7.38. The summed E-state index contributed by atoms with van der Waals surface area (Å²) in [5, 5.41) is 4.25. The fourth-order valence-corrected chi connectivity index (χ4v) is 1.71. The molecule has 0 saturated heterocycles. The highest BCUT2D eigenvalue weighted by Crippen LogP contribution is 2.15. The summed E-state index contributed by atoms with van der Waals surface area (Å²) in [6.07, 6.45) is 0. The molecule has 0 aromatic carbocycles. The Balaban J connectivity index is 2.77. The predicted molar refractivity (Wildman–Crippen MR) is 44.4 cm³/mol. The molecule has 1 rings (SSSR count). The van der Waals surface area contributed by atoms with E-state index in [1.807, 2.05) is 14.0 Å². The average molecular weight is 156 g/mol. The van der Waals surface area contributed by atoms with E-state index in [0.29, 0.717) is 0 Å². The van der Waals surface area contributed by atoms with E-state index in [-0.39, 0.29) is 0 Å². The second-order valence-corrected chi connectivity index (χ2v) is 3.57. The molecule has 0 spiro atoms. The van der Waals surface area contributed by atoms with Gasteiger partial charge in [0, 0.05) is 11.4 Å². The van der Waals surface area contributed by atoms with Crippen molar-refractivity contribution in [3.8, 4) is 0 Å². The van der Waals surface area contributed by atoms with Gasteiger partial charge in [0.05, 0.1) is 5.69 Å². The summed E-state index contributed by atoms with van der Waals surface area (Å²) in [6.45, 7) is 5.04. The topological polar surface area (TPSA) is 24.9 Å². The molecule has 1 aromatic rings. The van der Waals surface area contributed by atoms with Crippen molar-refractivity contribution >= 4 is 11.3 Å². The number of thiazole rings is 1. The summed E-state index contributed by atoms with van der Waals surface area (Å²) in [5.41, 5.74) is 1.16. The first-order valence-electron chi connectivity index (χ1n) is 3.31. The van der Waals surface area contributed by atoms with Crippen LogP contribution in [0.15, 0.2) is 0 Å². The van der Waals surface area contributed by atoms with Crippen LogP contribution in [0.5, 0.6) is 0 Å². The molecular formula is C7H12N2S. The molecule has 1 aromatic heterocycles. The first-order chi connectivity index (χ1) is 4.74. The molecule has 0 amide bonds. The number of nitrogens with zero attached hydrogens (tertiary/aromatic N) is 1. The summed E-state index contributed by atoms with van der Waals surface area (Å²) < 4.78 is 0. The molecule has 1 heterocycles. The third-order valence-electron chi connectivity index (χ3n) is 1.40. The van der Waals surface area contributed by atoms with E-state index in [1.165, 1.54) is 9.88 Å². The lowest BCUT2D eigenvalue weighted by molar-refractivity contribution is 0.807. The van der Waals surface area contributed by atoms with E-state index in [9.17, 15) is 0 Å². The molecular weight excluding hydrogens is 144 g/mol.